The highest BCUT2D eigenvalue weighted by molar-refractivity contribution is 5.77. The van der Waals surface area contributed by atoms with E-state index in [0.717, 1.165) is 19.3 Å². The molecule has 1 aliphatic heterocycles. The predicted molar refractivity (Wildman–Crippen MR) is 65.8 cm³/mol. The Balaban J connectivity index is 2.28. The number of carbonyl (C=O) groups is 1. The lowest BCUT2D eigenvalue weighted by atomic mass is 10.1. The van der Waals surface area contributed by atoms with Crippen LogP contribution in [0.3, 0.4) is 0 Å². The monoisotopic (exact) mass is 251 g/mol. The van der Waals surface area contributed by atoms with E-state index in [2.05, 4.69) is 9.97 Å². The molecule has 6 nitrogen and oxygen atoms in total. The standard InChI is InChI=1S/C12H17N3O3/c1-18-11-7-10(13-8-14-11)15-6-4-2-3-5-9(15)12(16)17/h7-9H,2-6H2,1H3,(H,16,17). The van der Waals surface area contributed by atoms with Crippen molar-refractivity contribution in [2.75, 3.05) is 18.6 Å². The van der Waals surface area contributed by atoms with E-state index in [1.165, 1.54) is 13.4 Å². The van der Waals surface area contributed by atoms with Crippen molar-refractivity contribution in [1.82, 2.24) is 9.97 Å². The maximum atomic E-state index is 11.3. The summed E-state index contributed by atoms with van der Waals surface area (Å²) in [4.78, 5) is 21.3. The van der Waals surface area contributed by atoms with Crippen LogP contribution in [0.25, 0.3) is 0 Å². The molecule has 1 fully saturated rings. The van der Waals surface area contributed by atoms with Gasteiger partial charge in [-0.25, -0.2) is 14.8 Å². The first-order valence-corrected chi connectivity index (χ1v) is 6.08. The fourth-order valence-electron chi connectivity index (χ4n) is 2.24. The highest BCUT2D eigenvalue weighted by atomic mass is 16.5. The van der Waals surface area contributed by atoms with Gasteiger partial charge in [0.05, 0.1) is 7.11 Å². The quantitative estimate of drug-likeness (QED) is 0.873. The number of aromatic nitrogens is 2. The predicted octanol–water partition coefficient (Wildman–Crippen LogP) is 1.32. The molecule has 1 saturated heterocycles. The molecule has 0 aromatic carbocycles. The molecule has 0 radical (unpaired) electrons. The third-order valence-electron chi connectivity index (χ3n) is 3.17. The summed E-state index contributed by atoms with van der Waals surface area (Å²) in [6.45, 7) is 0.705. The van der Waals surface area contributed by atoms with Gasteiger partial charge in [-0.3, -0.25) is 0 Å². The summed E-state index contributed by atoms with van der Waals surface area (Å²) < 4.78 is 5.05. The summed E-state index contributed by atoms with van der Waals surface area (Å²) >= 11 is 0. The first kappa shape index (κ1) is 12.6. The number of carboxylic acids is 1. The largest absolute Gasteiger partial charge is 0.481 e. The van der Waals surface area contributed by atoms with Gasteiger partial charge in [-0.2, -0.15) is 0 Å². The molecule has 0 aliphatic carbocycles. The fraction of sp³-hybridized carbons (Fsp3) is 0.583. The zero-order valence-corrected chi connectivity index (χ0v) is 10.4. The molecule has 0 bridgehead atoms. The van der Waals surface area contributed by atoms with Crippen LogP contribution in [0.2, 0.25) is 0 Å². The third kappa shape index (κ3) is 2.69. The van der Waals surface area contributed by atoms with Crippen LogP contribution in [-0.2, 0) is 4.79 Å². The van der Waals surface area contributed by atoms with Gasteiger partial charge in [0.25, 0.3) is 0 Å². The molecule has 1 N–H and O–H groups in total. The lowest BCUT2D eigenvalue weighted by Gasteiger charge is -2.27. The highest BCUT2D eigenvalue weighted by Gasteiger charge is 2.28. The molecule has 2 heterocycles. The zero-order chi connectivity index (χ0) is 13.0. The topological polar surface area (TPSA) is 75.5 Å². The Morgan fingerprint density at radius 3 is 3.00 bits per heavy atom. The van der Waals surface area contributed by atoms with Crippen molar-refractivity contribution in [1.29, 1.82) is 0 Å². The molecule has 1 unspecified atom stereocenters. The second-order valence-corrected chi connectivity index (χ2v) is 4.32. The summed E-state index contributed by atoms with van der Waals surface area (Å²) in [7, 11) is 1.53. The second-order valence-electron chi connectivity index (χ2n) is 4.32. The minimum absolute atomic E-state index is 0.452. The van der Waals surface area contributed by atoms with E-state index < -0.39 is 12.0 Å². The number of carboxylic acid groups (broad SMARTS) is 1. The molecular formula is C12H17N3O3. The van der Waals surface area contributed by atoms with Crippen molar-refractivity contribution in [3.63, 3.8) is 0 Å². The molecule has 0 spiro atoms. The molecule has 0 saturated carbocycles. The van der Waals surface area contributed by atoms with Gasteiger partial charge in [0.15, 0.2) is 0 Å². The second kappa shape index (κ2) is 5.66. The van der Waals surface area contributed by atoms with E-state index in [9.17, 15) is 9.90 Å². The molecule has 2 rings (SSSR count). The summed E-state index contributed by atoms with van der Waals surface area (Å²) in [5, 5.41) is 9.31. The molecule has 0 amide bonds. The average molecular weight is 251 g/mol. The van der Waals surface area contributed by atoms with Gasteiger partial charge in [0.1, 0.15) is 18.2 Å². The van der Waals surface area contributed by atoms with Gasteiger partial charge in [0, 0.05) is 12.6 Å². The van der Waals surface area contributed by atoms with Crippen molar-refractivity contribution >= 4 is 11.8 Å². The van der Waals surface area contributed by atoms with Crippen LogP contribution < -0.4 is 9.64 Å². The van der Waals surface area contributed by atoms with Crippen LogP contribution in [0, 0.1) is 0 Å². The number of hydrogen-bond donors (Lipinski definition) is 1. The van der Waals surface area contributed by atoms with E-state index in [1.807, 2.05) is 4.90 Å². The Morgan fingerprint density at radius 2 is 2.28 bits per heavy atom. The van der Waals surface area contributed by atoms with E-state index in [1.54, 1.807) is 6.07 Å². The van der Waals surface area contributed by atoms with Crippen molar-refractivity contribution in [3.8, 4) is 5.88 Å². The van der Waals surface area contributed by atoms with Gasteiger partial charge >= 0.3 is 5.97 Å². The number of ether oxygens (including phenoxy) is 1. The van der Waals surface area contributed by atoms with Gasteiger partial charge in [-0.15, -0.1) is 0 Å². The van der Waals surface area contributed by atoms with Gasteiger partial charge in [-0.1, -0.05) is 12.8 Å². The summed E-state index contributed by atoms with van der Waals surface area (Å²) in [6, 6.07) is 1.17. The Bertz CT molecular complexity index is 425. The van der Waals surface area contributed by atoms with Crippen LogP contribution in [0.1, 0.15) is 25.7 Å². The zero-order valence-electron chi connectivity index (χ0n) is 10.4. The maximum Gasteiger partial charge on any atom is 0.326 e. The van der Waals surface area contributed by atoms with Crippen LogP contribution in [0.5, 0.6) is 5.88 Å². The molecule has 1 aromatic heterocycles. The normalized spacial score (nSPS) is 20.3. The highest BCUT2D eigenvalue weighted by Crippen LogP contribution is 2.24. The van der Waals surface area contributed by atoms with Crippen molar-refractivity contribution in [2.45, 2.75) is 31.7 Å². The Labute approximate surface area is 106 Å². The van der Waals surface area contributed by atoms with E-state index in [-0.39, 0.29) is 0 Å². The first-order valence-electron chi connectivity index (χ1n) is 6.08. The number of methoxy groups -OCH3 is 1. The van der Waals surface area contributed by atoms with Crippen molar-refractivity contribution in [2.24, 2.45) is 0 Å². The molecule has 18 heavy (non-hydrogen) atoms. The van der Waals surface area contributed by atoms with Gasteiger partial charge < -0.3 is 14.7 Å². The minimum atomic E-state index is -0.797. The number of aliphatic carboxylic acids is 1. The molecule has 1 aromatic rings. The maximum absolute atomic E-state index is 11.3. The summed E-state index contributed by atoms with van der Waals surface area (Å²) in [6.07, 6.45) is 5.04. The lowest BCUT2D eigenvalue weighted by molar-refractivity contribution is -0.138. The van der Waals surface area contributed by atoms with E-state index in [0.29, 0.717) is 24.7 Å². The molecule has 1 aliphatic rings. The smallest absolute Gasteiger partial charge is 0.326 e. The average Bonchev–Trinajstić information content (AvgIpc) is 2.64. The van der Waals surface area contributed by atoms with Crippen LogP contribution >= 0.6 is 0 Å². The third-order valence-corrected chi connectivity index (χ3v) is 3.17. The van der Waals surface area contributed by atoms with Gasteiger partial charge in [-0.05, 0) is 12.8 Å². The van der Waals surface area contributed by atoms with Crippen molar-refractivity contribution < 1.29 is 14.6 Å². The Kier molecular flexibility index (Phi) is 3.96. The van der Waals surface area contributed by atoms with Crippen LogP contribution in [0.15, 0.2) is 12.4 Å². The van der Waals surface area contributed by atoms with E-state index in [4.69, 9.17) is 4.74 Å². The first-order chi connectivity index (χ1) is 8.72. The molecule has 98 valence electrons. The van der Waals surface area contributed by atoms with Crippen molar-refractivity contribution in [3.05, 3.63) is 12.4 Å². The minimum Gasteiger partial charge on any atom is -0.481 e. The fourth-order valence-corrected chi connectivity index (χ4v) is 2.24. The van der Waals surface area contributed by atoms with Crippen LogP contribution in [0.4, 0.5) is 5.82 Å². The molecule has 6 heteroatoms. The molecule has 1 atom stereocenters. The van der Waals surface area contributed by atoms with Gasteiger partial charge in [0.2, 0.25) is 5.88 Å². The summed E-state index contributed by atoms with van der Waals surface area (Å²) in [5.74, 6) is 0.277. The Morgan fingerprint density at radius 1 is 1.44 bits per heavy atom. The van der Waals surface area contributed by atoms with E-state index >= 15 is 0 Å². The number of hydrogen-bond acceptors (Lipinski definition) is 5. The number of nitrogens with zero attached hydrogens (tertiary/aromatic N) is 3. The molecular weight excluding hydrogens is 234 g/mol. The number of anilines is 1. The van der Waals surface area contributed by atoms with Crippen LogP contribution in [-0.4, -0.2) is 40.7 Å². The SMILES string of the molecule is COc1cc(N2CCCCCC2C(=O)O)ncn1. The number of rotatable bonds is 3. The lowest BCUT2D eigenvalue weighted by Crippen LogP contribution is -2.41. The summed E-state index contributed by atoms with van der Waals surface area (Å²) in [5.41, 5.74) is 0. The Hall–Kier alpha value is -1.85.